The molecule has 1 heterocycles. The highest BCUT2D eigenvalue weighted by molar-refractivity contribution is 7.98. The van der Waals surface area contributed by atoms with Gasteiger partial charge in [0, 0.05) is 5.02 Å². The van der Waals surface area contributed by atoms with Crippen LogP contribution in [0.15, 0.2) is 28.1 Å². The lowest BCUT2D eigenvalue weighted by Crippen LogP contribution is -2.33. The molecule has 1 aliphatic rings. The molecule has 0 radical (unpaired) electrons. The van der Waals surface area contributed by atoms with Gasteiger partial charge in [-0.15, -0.1) is 0 Å². The number of benzene rings is 1. The average molecular weight is 284 g/mol. The van der Waals surface area contributed by atoms with E-state index >= 15 is 0 Å². The van der Waals surface area contributed by atoms with Crippen LogP contribution in [0.5, 0.6) is 0 Å². The van der Waals surface area contributed by atoms with Crippen molar-refractivity contribution in [1.29, 1.82) is 0 Å². The zero-order valence-corrected chi connectivity index (χ0v) is 12.6. The van der Waals surface area contributed by atoms with Crippen LogP contribution in [0.3, 0.4) is 0 Å². The van der Waals surface area contributed by atoms with E-state index in [1.807, 2.05) is 18.2 Å². The van der Waals surface area contributed by atoms with Crippen LogP contribution in [0.2, 0.25) is 5.02 Å². The van der Waals surface area contributed by atoms with E-state index in [2.05, 4.69) is 42.7 Å². The van der Waals surface area contributed by atoms with Crippen LogP contribution in [-0.2, 0) is 0 Å². The second-order valence-corrected chi connectivity index (χ2v) is 6.77. The molecular weight excluding hydrogens is 266 g/mol. The molecule has 0 spiro atoms. The van der Waals surface area contributed by atoms with Crippen molar-refractivity contribution in [2.75, 3.05) is 5.32 Å². The summed E-state index contributed by atoms with van der Waals surface area (Å²) in [5, 5.41) is 4.03. The fraction of sp³-hybridized carbons (Fsp3) is 0.462. The third-order valence-corrected chi connectivity index (χ3v) is 4.12. The van der Waals surface area contributed by atoms with E-state index in [1.54, 1.807) is 0 Å². The third kappa shape index (κ3) is 3.12. The molecule has 0 aliphatic carbocycles. The molecule has 0 aromatic heterocycles. The summed E-state index contributed by atoms with van der Waals surface area (Å²) in [6.45, 7) is 8.68. The van der Waals surface area contributed by atoms with Crippen molar-refractivity contribution < 1.29 is 0 Å². The Morgan fingerprint density at radius 1 is 1.33 bits per heavy atom. The maximum absolute atomic E-state index is 5.96. The molecule has 18 heavy (non-hydrogen) atoms. The van der Waals surface area contributed by atoms with E-state index in [0.717, 1.165) is 21.6 Å². The minimum atomic E-state index is 0.154. The lowest BCUT2D eigenvalue weighted by molar-refractivity contribution is 0.341. The maximum atomic E-state index is 5.96. The Balaban J connectivity index is 2.17. The summed E-state index contributed by atoms with van der Waals surface area (Å²) >= 11 is 7.49. The fourth-order valence-electron chi connectivity index (χ4n) is 1.39. The first-order valence-electron chi connectivity index (χ1n) is 5.93. The van der Waals surface area contributed by atoms with E-state index in [0.29, 0.717) is 0 Å². The first kappa shape index (κ1) is 13.6. The third-order valence-electron chi connectivity index (χ3n) is 3.03. The van der Waals surface area contributed by atoms with Crippen LogP contribution in [0.4, 0.5) is 5.69 Å². The summed E-state index contributed by atoms with van der Waals surface area (Å²) in [5.74, 6) is 0.803. The SMILES string of the molecule is CC(N=C1NSc2cc(Cl)ccc2N1)C(C)(C)C. The van der Waals surface area contributed by atoms with Gasteiger partial charge in [-0.2, -0.15) is 0 Å². The van der Waals surface area contributed by atoms with Crippen LogP contribution in [-0.4, -0.2) is 12.0 Å². The molecule has 1 aliphatic heterocycles. The largest absolute Gasteiger partial charge is 0.325 e. The van der Waals surface area contributed by atoms with Gasteiger partial charge < -0.3 is 5.32 Å². The molecule has 1 atom stereocenters. The quantitative estimate of drug-likeness (QED) is 0.760. The molecule has 0 amide bonds. The van der Waals surface area contributed by atoms with Gasteiger partial charge in [0.05, 0.1) is 16.6 Å². The highest BCUT2D eigenvalue weighted by Gasteiger charge is 2.21. The van der Waals surface area contributed by atoms with E-state index in [-0.39, 0.29) is 11.5 Å². The molecule has 2 N–H and O–H groups in total. The predicted molar refractivity (Wildman–Crippen MR) is 80.4 cm³/mol. The second kappa shape index (κ2) is 5.02. The maximum Gasteiger partial charge on any atom is 0.206 e. The predicted octanol–water partition coefficient (Wildman–Crippen LogP) is 4.15. The molecule has 1 aromatic carbocycles. The lowest BCUT2D eigenvalue weighted by Gasteiger charge is -2.27. The van der Waals surface area contributed by atoms with Crippen LogP contribution < -0.4 is 10.0 Å². The Kier molecular flexibility index (Phi) is 3.78. The molecule has 0 bridgehead atoms. The second-order valence-electron chi connectivity index (χ2n) is 5.49. The van der Waals surface area contributed by atoms with Crippen LogP contribution >= 0.6 is 23.5 Å². The summed E-state index contributed by atoms with van der Waals surface area (Å²) in [6.07, 6.45) is 0. The average Bonchev–Trinajstić information content (AvgIpc) is 2.28. The summed E-state index contributed by atoms with van der Waals surface area (Å²) in [5.41, 5.74) is 1.20. The van der Waals surface area contributed by atoms with Gasteiger partial charge in [0.15, 0.2) is 0 Å². The van der Waals surface area contributed by atoms with Crippen LogP contribution in [0.1, 0.15) is 27.7 Å². The zero-order chi connectivity index (χ0) is 13.3. The van der Waals surface area contributed by atoms with Gasteiger partial charge in [-0.1, -0.05) is 32.4 Å². The van der Waals surface area contributed by atoms with E-state index < -0.39 is 0 Å². The van der Waals surface area contributed by atoms with E-state index in [9.17, 15) is 0 Å². The fourth-order valence-corrected chi connectivity index (χ4v) is 2.35. The lowest BCUT2D eigenvalue weighted by atomic mass is 9.89. The van der Waals surface area contributed by atoms with Gasteiger partial charge in [0.2, 0.25) is 5.96 Å². The number of hydrogen-bond donors (Lipinski definition) is 2. The number of anilines is 1. The summed E-state index contributed by atoms with van der Waals surface area (Å²) < 4.78 is 3.20. The van der Waals surface area contributed by atoms with Crippen molar-refractivity contribution >= 4 is 35.2 Å². The van der Waals surface area contributed by atoms with Crippen molar-refractivity contribution in [3.63, 3.8) is 0 Å². The number of guanidine groups is 1. The molecule has 1 aromatic rings. The van der Waals surface area contributed by atoms with Crippen molar-refractivity contribution in [3.8, 4) is 0 Å². The standard InChI is InChI=1S/C13H18ClN3S/c1-8(13(2,3)4)15-12-16-10-6-5-9(14)7-11(10)18-17-12/h5-8H,1-4H3,(H2,15,16,17). The highest BCUT2D eigenvalue weighted by atomic mass is 35.5. The van der Waals surface area contributed by atoms with Gasteiger partial charge in [-0.3, -0.25) is 4.72 Å². The minimum absolute atomic E-state index is 0.154. The van der Waals surface area contributed by atoms with Crippen LogP contribution in [0, 0.1) is 5.41 Å². The molecule has 0 saturated carbocycles. The summed E-state index contributed by atoms with van der Waals surface area (Å²) in [7, 11) is 0. The van der Waals surface area contributed by atoms with Gasteiger partial charge in [0.1, 0.15) is 0 Å². The van der Waals surface area contributed by atoms with Gasteiger partial charge in [-0.05, 0) is 42.5 Å². The van der Waals surface area contributed by atoms with E-state index in [1.165, 1.54) is 11.9 Å². The number of fused-ring (bicyclic) bond motifs is 1. The van der Waals surface area contributed by atoms with Crippen molar-refractivity contribution in [3.05, 3.63) is 23.2 Å². The number of hydrogen-bond acceptors (Lipinski definition) is 2. The molecule has 5 heteroatoms. The first-order chi connectivity index (χ1) is 8.36. The Morgan fingerprint density at radius 3 is 2.72 bits per heavy atom. The number of nitrogens with zero attached hydrogens (tertiary/aromatic N) is 1. The van der Waals surface area contributed by atoms with Gasteiger partial charge >= 0.3 is 0 Å². The number of rotatable bonds is 1. The minimum Gasteiger partial charge on any atom is -0.325 e. The highest BCUT2D eigenvalue weighted by Crippen LogP contribution is 2.31. The van der Waals surface area contributed by atoms with Gasteiger partial charge in [-0.25, -0.2) is 4.99 Å². The smallest absolute Gasteiger partial charge is 0.206 e. The van der Waals surface area contributed by atoms with Crippen molar-refractivity contribution in [2.45, 2.75) is 38.6 Å². The molecule has 3 nitrogen and oxygen atoms in total. The molecule has 1 unspecified atom stereocenters. The van der Waals surface area contributed by atoms with Gasteiger partial charge in [0.25, 0.3) is 0 Å². The first-order valence-corrected chi connectivity index (χ1v) is 7.13. The van der Waals surface area contributed by atoms with Crippen molar-refractivity contribution in [1.82, 2.24) is 4.72 Å². The van der Waals surface area contributed by atoms with E-state index in [4.69, 9.17) is 11.6 Å². The number of nitrogens with one attached hydrogen (secondary N) is 2. The monoisotopic (exact) mass is 283 g/mol. The Hall–Kier alpha value is -0.870. The molecular formula is C13H18ClN3S. The van der Waals surface area contributed by atoms with Crippen molar-refractivity contribution in [2.24, 2.45) is 10.4 Å². The Morgan fingerprint density at radius 2 is 2.06 bits per heavy atom. The van der Waals surface area contributed by atoms with Crippen LogP contribution in [0.25, 0.3) is 0 Å². The Bertz CT molecular complexity index is 480. The molecule has 0 saturated heterocycles. The molecule has 2 rings (SSSR count). The molecule has 0 fully saturated rings. The molecule has 98 valence electrons. The number of halogens is 1. The summed E-state index contributed by atoms with van der Waals surface area (Å²) in [6, 6.07) is 6.03. The number of aliphatic imine (C=N–C) groups is 1. The normalized spacial score (nSPS) is 18.8. The summed E-state index contributed by atoms with van der Waals surface area (Å²) in [4.78, 5) is 5.76. The zero-order valence-electron chi connectivity index (χ0n) is 11.0. The topological polar surface area (TPSA) is 36.4 Å². The Labute approximate surface area is 118 Å².